The zero-order chi connectivity index (χ0) is 11.7. The van der Waals surface area contributed by atoms with Crippen molar-refractivity contribution in [3.05, 3.63) is 58.0 Å². The summed E-state index contributed by atoms with van der Waals surface area (Å²) < 4.78 is 5.11. The Hall–Kier alpha value is -1.54. The van der Waals surface area contributed by atoms with Crippen LogP contribution in [0.15, 0.2) is 34.7 Å². The van der Waals surface area contributed by atoms with E-state index < -0.39 is 0 Å². The van der Waals surface area contributed by atoms with E-state index in [-0.39, 0.29) is 16.8 Å². The Bertz CT molecular complexity index is 541. The van der Waals surface area contributed by atoms with E-state index in [1.165, 1.54) is 0 Å². The molecule has 0 N–H and O–H groups in total. The predicted molar refractivity (Wildman–Crippen MR) is 63.1 cm³/mol. The van der Waals surface area contributed by atoms with Crippen molar-refractivity contribution in [2.24, 2.45) is 0 Å². The van der Waals surface area contributed by atoms with Gasteiger partial charge in [0.1, 0.15) is 0 Å². The lowest BCUT2D eigenvalue weighted by atomic mass is 10.0. The van der Waals surface area contributed by atoms with Crippen LogP contribution in [0.2, 0.25) is 5.22 Å². The number of carbonyl (C=O) groups is 1. The molecule has 0 spiro atoms. The topological polar surface area (TPSA) is 30.2 Å². The van der Waals surface area contributed by atoms with Gasteiger partial charge < -0.3 is 4.42 Å². The Balaban J connectivity index is 2.45. The monoisotopic (exact) mass is 234 g/mol. The highest BCUT2D eigenvalue weighted by molar-refractivity contribution is 6.29. The van der Waals surface area contributed by atoms with E-state index in [1.807, 2.05) is 32.0 Å². The van der Waals surface area contributed by atoms with E-state index >= 15 is 0 Å². The second-order valence-corrected chi connectivity index (χ2v) is 4.12. The molecule has 0 amide bonds. The lowest BCUT2D eigenvalue weighted by Crippen LogP contribution is -2.02. The standard InChI is InChI=1S/C13H11ClO2/c1-8-3-4-9(2)10(7-8)13(15)11-5-6-12(14)16-11/h3-7H,1-2H3. The van der Waals surface area contributed by atoms with E-state index in [2.05, 4.69) is 0 Å². The van der Waals surface area contributed by atoms with Crippen molar-refractivity contribution < 1.29 is 9.21 Å². The first-order valence-electron chi connectivity index (χ1n) is 4.95. The normalized spacial score (nSPS) is 10.4. The molecule has 1 aromatic carbocycles. The lowest BCUT2D eigenvalue weighted by Gasteiger charge is -2.03. The fourth-order valence-corrected chi connectivity index (χ4v) is 1.70. The SMILES string of the molecule is Cc1ccc(C)c(C(=O)c2ccc(Cl)o2)c1. The molecule has 2 aromatic rings. The molecule has 2 nitrogen and oxygen atoms in total. The van der Waals surface area contributed by atoms with E-state index in [0.717, 1.165) is 11.1 Å². The molecule has 0 unspecified atom stereocenters. The fourth-order valence-electron chi connectivity index (χ4n) is 1.55. The molecule has 1 aromatic heterocycles. The minimum absolute atomic E-state index is 0.131. The Labute approximate surface area is 98.8 Å². The highest BCUT2D eigenvalue weighted by atomic mass is 35.5. The number of ketones is 1. The second-order valence-electron chi connectivity index (χ2n) is 3.75. The van der Waals surface area contributed by atoms with Crippen LogP contribution in [0.5, 0.6) is 0 Å². The van der Waals surface area contributed by atoms with E-state index in [0.29, 0.717) is 5.56 Å². The molecule has 1 heterocycles. The molecule has 0 aliphatic heterocycles. The molecule has 0 radical (unpaired) electrons. The number of furan rings is 1. The maximum atomic E-state index is 12.1. The average Bonchev–Trinajstić information content (AvgIpc) is 2.67. The highest BCUT2D eigenvalue weighted by Crippen LogP contribution is 2.19. The molecule has 0 fully saturated rings. The van der Waals surface area contributed by atoms with Gasteiger partial charge in [-0.2, -0.15) is 0 Å². The van der Waals surface area contributed by atoms with Crippen LogP contribution in [0, 0.1) is 13.8 Å². The number of hydrogen-bond donors (Lipinski definition) is 0. The van der Waals surface area contributed by atoms with E-state index in [1.54, 1.807) is 12.1 Å². The summed E-state index contributed by atoms with van der Waals surface area (Å²) in [4.78, 5) is 12.1. The molecule has 2 rings (SSSR count). The summed E-state index contributed by atoms with van der Waals surface area (Å²) in [5.41, 5.74) is 2.64. The smallest absolute Gasteiger partial charge is 0.228 e. The van der Waals surface area contributed by atoms with Gasteiger partial charge in [0.2, 0.25) is 5.78 Å². The number of aryl methyl sites for hydroxylation is 2. The zero-order valence-corrected chi connectivity index (χ0v) is 9.84. The molecule has 0 aliphatic rings. The molecule has 16 heavy (non-hydrogen) atoms. The van der Waals surface area contributed by atoms with Crippen molar-refractivity contribution in [2.75, 3.05) is 0 Å². The molecule has 3 heteroatoms. The second kappa shape index (κ2) is 4.14. The molecule has 0 saturated heterocycles. The van der Waals surface area contributed by atoms with Crippen LogP contribution in [-0.4, -0.2) is 5.78 Å². The van der Waals surface area contributed by atoms with Gasteiger partial charge in [0.15, 0.2) is 11.0 Å². The molecular weight excluding hydrogens is 224 g/mol. The van der Waals surface area contributed by atoms with Crippen molar-refractivity contribution in [3.63, 3.8) is 0 Å². The summed E-state index contributed by atoms with van der Waals surface area (Å²) >= 11 is 5.64. The van der Waals surface area contributed by atoms with E-state index in [9.17, 15) is 4.79 Å². The average molecular weight is 235 g/mol. The van der Waals surface area contributed by atoms with Crippen LogP contribution >= 0.6 is 11.6 Å². The number of hydrogen-bond acceptors (Lipinski definition) is 2. The van der Waals surface area contributed by atoms with Crippen LogP contribution in [0.3, 0.4) is 0 Å². The molecule has 0 aliphatic carbocycles. The maximum absolute atomic E-state index is 12.1. The van der Waals surface area contributed by atoms with Gasteiger partial charge in [0.25, 0.3) is 0 Å². The van der Waals surface area contributed by atoms with Gasteiger partial charge in [-0.3, -0.25) is 4.79 Å². The van der Waals surface area contributed by atoms with Crippen molar-refractivity contribution in [3.8, 4) is 0 Å². The molecular formula is C13H11ClO2. The number of halogens is 1. The van der Waals surface area contributed by atoms with Crippen molar-refractivity contribution >= 4 is 17.4 Å². The van der Waals surface area contributed by atoms with Gasteiger partial charge in [-0.15, -0.1) is 0 Å². The first-order chi connectivity index (χ1) is 7.58. The highest BCUT2D eigenvalue weighted by Gasteiger charge is 2.15. The first kappa shape index (κ1) is 11.0. The Kier molecular flexibility index (Phi) is 2.84. The Morgan fingerprint density at radius 3 is 2.56 bits per heavy atom. The number of rotatable bonds is 2. The van der Waals surface area contributed by atoms with Gasteiger partial charge in [0.05, 0.1) is 0 Å². The third-order valence-electron chi connectivity index (χ3n) is 2.43. The largest absolute Gasteiger partial charge is 0.441 e. The summed E-state index contributed by atoms with van der Waals surface area (Å²) in [6.45, 7) is 3.85. The molecule has 0 atom stereocenters. The van der Waals surface area contributed by atoms with Crippen molar-refractivity contribution in [1.29, 1.82) is 0 Å². The third-order valence-corrected chi connectivity index (χ3v) is 2.64. The summed E-state index contributed by atoms with van der Waals surface area (Å²) in [6, 6.07) is 8.91. The van der Waals surface area contributed by atoms with Crippen LogP contribution in [0.4, 0.5) is 0 Å². The summed E-state index contributed by atoms with van der Waals surface area (Å²) in [5.74, 6) is 0.145. The number of carbonyl (C=O) groups excluding carboxylic acids is 1. The summed E-state index contributed by atoms with van der Waals surface area (Å²) in [5, 5.41) is 0.230. The van der Waals surface area contributed by atoms with Gasteiger partial charge in [-0.1, -0.05) is 17.7 Å². The van der Waals surface area contributed by atoms with Crippen molar-refractivity contribution in [2.45, 2.75) is 13.8 Å². The first-order valence-corrected chi connectivity index (χ1v) is 5.33. The van der Waals surface area contributed by atoms with Crippen LogP contribution in [0.1, 0.15) is 27.2 Å². The fraction of sp³-hybridized carbons (Fsp3) is 0.154. The summed E-state index contributed by atoms with van der Waals surface area (Å²) in [7, 11) is 0. The summed E-state index contributed by atoms with van der Waals surface area (Å²) in [6.07, 6.45) is 0. The molecule has 82 valence electrons. The molecule has 0 saturated carbocycles. The van der Waals surface area contributed by atoms with Gasteiger partial charge >= 0.3 is 0 Å². The minimum atomic E-state index is -0.131. The Morgan fingerprint density at radius 1 is 1.19 bits per heavy atom. The Morgan fingerprint density at radius 2 is 1.94 bits per heavy atom. The minimum Gasteiger partial charge on any atom is -0.441 e. The van der Waals surface area contributed by atoms with Crippen LogP contribution in [0.25, 0.3) is 0 Å². The quantitative estimate of drug-likeness (QED) is 0.741. The van der Waals surface area contributed by atoms with Gasteiger partial charge in [-0.25, -0.2) is 0 Å². The van der Waals surface area contributed by atoms with Crippen molar-refractivity contribution in [1.82, 2.24) is 0 Å². The maximum Gasteiger partial charge on any atom is 0.228 e. The van der Waals surface area contributed by atoms with Gasteiger partial charge in [-0.05, 0) is 49.2 Å². The lowest BCUT2D eigenvalue weighted by molar-refractivity contribution is 0.101. The zero-order valence-electron chi connectivity index (χ0n) is 9.08. The van der Waals surface area contributed by atoms with Gasteiger partial charge in [0, 0.05) is 5.56 Å². The number of benzene rings is 1. The van der Waals surface area contributed by atoms with Crippen LogP contribution < -0.4 is 0 Å². The predicted octanol–water partition coefficient (Wildman–Crippen LogP) is 3.78. The third kappa shape index (κ3) is 2.02. The van der Waals surface area contributed by atoms with E-state index in [4.69, 9.17) is 16.0 Å². The molecule has 0 bridgehead atoms. The van der Waals surface area contributed by atoms with Crippen LogP contribution in [-0.2, 0) is 0 Å².